The highest BCUT2D eigenvalue weighted by Crippen LogP contribution is 2.34. The van der Waals surface area contributed by atoms with E-state index in [0.29, 0.717) is 50.5 Å². The summed E-state index contributed by atoms with van der Waals surface area (Å²) < 4.78 is 21.6. The minimum absolute atomic E-state index is 0.0144. The van der Waals surface area contributed by atoms with Gasteiger partial charge in [-0.3, -0.25) is 4.79 Å². The third-order valence-corrected chi connectivity index (χ3v) is 5.82. The molecule has 8 nitrogen and oxygen atoms in total. The Morgan fingerprint density at radius 2 is 1.74 bits per heavy atom. The third-order valence-electron chi connectivity index (χ3n) is 5.82. The molecule has 0 aliphatic rings. The Balaban J connectivity index is 1.72. The molecule has 35 heavy (non-hydrogen) atoms. The smallest absolute Gasteiger partial charge is 0.360 e. The summed E-state index contributed by atoms with van der Waals surface area (Å²) in [5.41, 5.74) is 2.56. The first kappa shape index (κ1) is 23.8. The number of carbonyl (C=O) groups is 1. The molecule has 0 aliphatic heterocycles. The average Bonchev–Trinajstić information content (AvgIpc) is 2.89. The van der Waals surface area contributed by atoms with Crippen LogP contribution in [0.3, 0.4) is 0 Å². The van der Waals surface area contributed by atoms with Crippen LogP contribution in [0, 0.1) is 6.92 Å². The maximum atomic E-state index is 13.1. The molecule has 0 atom stereocenters. The number of amides is 1. The maximum Gasteiger partial charge on any atom is 0.360 e. The van der Waals surface area contributed by atoms with E-state index in [1.807, 2.05) is 24.3 Å². The zero-order valence-corrected chi connectivity index (χ0v) is 19.8. The Kier molecular flexibility index (Phi) is 6.75. The Labute approximate surface area is 201 Å². The van der Waals surface area contributed by atoms with Crippen molar-refractivity contribution >= 4 is 22.6 Å². The molecule has 1 amide bonds. The number of hydrogen-bond donors (Lipinski definition) is 2. The van der Waals surface area contributed by atoms with Gasteiger partial charge in [-0.1, -0.05) is 12.1 Å². The quantitative estimate of drug-likeness (QED) is 0.378. The van der Waals surface area contributed by atoms with Crippen molar-refractivity contribution < 1.29 is 28.5 Å². The highest BCUT2D eigenvalue weighted by atomic mass is 16.5. The zero-order chi connectivity index (χ0) is 25.1. The summed E-state index contributed by atoms with van der Waals surface area (Å²) in [7, 11) is 4.62. The van der Waals surface area contributed by atoms with Crippen LogP contribution < -0.4 is 25.2 Å². The van der Waals surface area contributed by atoms with E-state index in [9.17, 15) is 14.7 Å². The Hall–Kier alpha value is -4.30. The van der Waals surface area contributed by atoms with Gasteiger partial charge >= 0.3 is 5.63 Å². The van der Waals surface area contributed by atoms with Crippen molar-refractivity contribution in [3.63, 3.8) is 0 Å². The SMILES string of the molecule is COc1cccc(-c2cc(C(=O)Nc3cc4cc(OC)c(CO)c(C)c4oc3=O)ccc2OC)c1. The minimum Gasteiger partial charge on any atom is -0.497 e. The highest BCUT2D eigenvalue weighted by Gasteiger charge is 2.18. The van der Waals surface area contributed by atoms with Gasteiger partial charge in [-0.25, -0.2) is 4.79 Å². The van der Waals surface area contributed by atoms with Crippen molar-refractivity contribution in [2.75, 3.05) is 26.6 Å². The van der Waals surface area contributed by atoms with Gasteiger partial charge in [0.15, 0.2) is 0 Å². The second-order valence-corrected chi connectivity index (χ2v) is 7.81. The molecule has 4 rings (SSSR count). The standard InChI is InChI=1S/C27H25NO7/c1-15-21(14-29)24(34-4)13-18-12-22(27(31)35-25(15)18)28-26(30)17-8-9-23(33-3)20(11-17)16-6-5-7-19(10-16)32-2/h5-13,29H,14H2,1-4H3,(H,28,30). The lowest BCUT2D eigenvalue weighted by Gasteiger charge is -2.13. The first-order valence-electron chi connectivity index (χ1n) is 10.8. The van der Waals surface area contributed by atoms with E-state index in [0.717, 1.165) is 5.56 Å². The molecule has 0 bridgehead atoms. The molecule has 0 spiro atoms. The number of anilines is 1. The topological polar surface area (TPSA) is 107 Å². The molecule has 2 N–H and O–H groups in total. The summed E-state index contributed by atoms with van der Waals surface area (Å²) in [5, 5.41) is 12.9. The molecule has 180 valence electrons. The summed E-state index contributed by atoms with van der Waals surface area (Å²) in [6, 6.07) is 15.6. The van der Waals surface area contributed by atoms with Crippen LogP contribution in [0.15, 0.2) is 63.8 Å². The van der Waals surface area contributed by atoms with E-state index < -0.39 is 11.5 Å². The number of aryl methyl sites for hydroxylation is 1. The van der Waals surface area contributed by atoms with Crippen LogP contribution in [-0.2, 0) is 6.61 Å². The van der Waals surface area contributed by atoms with Gasteiger partial charge in [0.05, 0.1) is 27.9 Å². The van der Waals surface area contributed by atoms with Gasteiger partial charge < -0.3 is 29.1 Å². The molecule has 1 heterocycles. The predicted octanol–water partition coefficient (Wildman–Crippen LogP) is 4.54. The molecule has 3 aromatic carbocycles. The molecule has 0 unspecified atom stereocenters. The highest BCUT2D eigenvalue weighted by molar-refractivity contribution is 6.06. The van der Waals surface area contributed by atoms with Gasteiger partial charge in [0, 0.05) is 27.6 Å². The number of rotatable bonds is 7. The number of hydrogen-bond acceptors (Lipinski definition) is 7. The number of nitrogens with one attached hydrogen (secondary N) is 1. The Morgan fingerprint density at radius 3 is 2.43 bits per heavy atom. The fourth-order valence-corrected chi connectivity index (χ4v) is 3.96. The lowest BCUT2D eigenvalue weighted by molar-refractivity contribution is 0.102. The fourth-order valence-electron chi connectivity index (χ4n) is 3.96. The summed E-state index contributed by atoms with van der Waals surface area (Å²) >= 11 is 0. The van der Waals surface area contributed by atoms with E-state index in [2.05, 4.69) is 5.32 Å². The molecule has 1 aromatic heterocycles. The molecule has 4 aromatic rings. The van der Waals surface area contributed by atoms with E-state index >= 15 is 0 Å². The lowest BCUT2D eigenvalue weighted by Crippen LogP contribution is -2.18. The van der Waals surface area contributed by atoms with Gasteiger partial charge in [0.2, 0.25) is 0 Å². The molecule has 0 fully saturated rings. The van der Waals surface area contributed by atoms with Crippen LogP contribution in [0.25, 0.3) is 22.1 Å². The Bertz CT molecular complexity index is 1470. The monoisotopic (exact) mass is 475 g/mol. The van der Waals surface area contributed by atoms with Gasteiger partial charge in [-0.05, 0) is 55.0 Å². The lowest BCUT2D eigenvalue weighted by atomic mass is 10.0. The maximum absolute atomic E-state index is 13.1. The van der Waals surface area contributed by atoms with Crippen molar-refractivity contribution in [1.29, 1.82) is 0 Å². The molecule has 8 heteroatoms. The largest absolute Gasteiger partial charge is 0.497 e. The van der Waals surface area contributed by atoms with Gasteiger partial charge in [0.25, 0.3) is 5.91 Å². The number of carbonyl (C=O) groups excluding carboxylic acids is 1. The number of aliphatic hydroxyl groups is 1. The number of ether oxygens (including phenoxy) is 3. The minimum atomic E-state index is -0.704. The molecular weight excluding hydrogens is 450 g/mol. The second kappa shape index (κ2) is 9.90. The summed E-state index contributed by atoms with van der Waals surface area (Å²) in [5.74, 6) is 1.23. The van der Waals surface area contributed by atoms with Crippen LogP contribution in [0.2, 0.25) is 0 Å². The molecule has 0 saturated carbocycles. The van der Waals surface area contributed by atoms with Crippen LogP contribution in [0.5, 0.6) is 17.2 Å². The summed E-state index contributed by atoms with van der Waals surface area (Å²) in [6.07, 6.45) is 0. The van der Waals surface area contributed by atoms with Crippen LogP contribution in [0.1, 0.15) is 21.5 Å². The molecule has 0 radical (unpaired) electrons. The van der Waals surface area contributed by atoms with Crippen molar-refractivity contribution in [1.82, 2.24) is 0 Å². The van der Waals surface area contributed by atoms with Gasteiger partial charge in [-0.2, -0.15) is 0 Å². The average molecular weight is 475 g/mol. The summed E-state index contributed by atoms with van der Waals surface area (Å²) in [4.78, 5) is 25.7. The number of methoxy groups -OCH3 is 3. The number of aliphatic hydroxyl groups excluding tert-OH is 1. The molecule has 0 aliphatic carbocycles. The fraction of sp³-hybridized carbons (Fsp3) is 0.185. The first-order valence-corrected chi connectivity index (χ1v) is 10.8. The number of benzene rings is 3. The van der Waals surface area contributed by atoms with E-state index in [-0.39, 0.29) is 12.3 Å². The molecular formula is C27H25NO7. The van der Waals surface area contributed by atoms with Gasteiger partial charge in [0.1, 0.15) is 28.5 Å². The van der Waals surface area contributed by atoms with E-state index in [1.165, 1.54) is 13.2 Å². The predicted molar refractivity (Wildman–Crippen MR) is 133 cm³/mol. The number of fused-ring (bicyclic) bond motifs is 1. The Morgan fingerprint density at radius 1 is 0.971 bits per heavy atom. The normalized spacial score (nSPS) is 10.8. The van der Waals surface area contributed by atoms with Crippen molar-refractivity contribution in [2.24, 2.45) is 0 Å². The second-order valence-electron chi connectivity index (χ2n) is 7.81. The zero-order valence-electron chi connectivity index (χ0n) is 19.8. The van der Waals surface area contributed by atoms with Crippen LogP contribution >= 0.6 is 0 Å². The van der Waals surface area contributed by atoms with E-state index in [4.69, 9.17) is 18.6 Å². The van der Waals surface area contributed by atoms with Crippen LogP contribution in [-0.4, -0.2) is 32.3 Å². The van der Waals surface area contributed by atoms with Crippen LogP contribution in [0.4, 0.5) is 5.69 Å². The van der Waals surface area contributed by atoms with E-state index in [1.54, 1.807) is 45.4 Å². The van der Waals surface area contributed by atoms with Crippen molar-refractivity contribution in [3.8, 4) is 28.4 Å². The van der Waals surface area contributed by atoms with Gasteiger partial charge in [-0.15, -0.1) is 0 Å². The van der Waals surface area contributed by atoms with Crippen molar-refractivity contribution in [2.45, 2.75) is 13.5 Å². The molecule has 0 saturated heterocycles. The summed E-state index contributed by atoms with van der Waals surface area (Å²) in [6.45, 7) is 1.47. The van der Waals surface area contributed by atoms with Crippen molar-refractivity contribution in [3.05, 3.63) is 81.7 Å². The third kappa shape index (κ3) is 4.56. The first-order chi connectivity index (χ1) is 16.9.